The largest absolute Gasteiger partial charge is 0.387 e. The Labute approximate surface area is 98.6 Å². The van der Waals surface area contributed by atoms with Crippen molar-refractivity contribution < 1.29 is 0 Å². The van der Waals surface area contributed by atoms with Gasteiger partial charge in [-0.25, -0.2) is 4.99 Å². The Hall–Kier alpha value is -1.31. The van der Waals surface area contributed by atoms with E-state index in [1.165, 1.54) is 5.56 Å². The van der Waals surface area contributed by atoms with Crippen LogP contribution >= 0.6 is 0 Å². The predicted molar refractivity (Wildman–Crippen MR) is 71.3 cm³/mol. The standard InChI is InChI=1S/C14H22N2/c1-10(2)13(15)16-12-9-7-6-8-11(12)14(3,4)5/h6-10H,1-5H3,(H2,15,16). The minimum absolute atomic E-state index is 0.0946. The number of para-hydroxylation sites is 1. The number of amidine groups is 1. The van der Waals surface area contributed by atoms with Crippen LogP contribution in [-0.4, -0.2) is 5.84 Å². The fourth-order valence-electron chi connectivity index (χ4n) is 1.47. The number of hydrogen-bond acceptors (Lipinski definition) is 1. The quantitative estimate of drug-likeness (QED) is 0.597. The molecule has 88 valence electrons. The maximum atomic E-state index is 5.91. The van der Waals surface area contributed by atoms with E-state index in [0.29, 0.717) is 5.84 Å². The van der Waals surface area contributed by atoms with Crippen LogP contribution in [0.2, 0.25) is 0 Å². The summed E-state index contributed by atoms with van der Waals surface area (Å²) in [5.74, 6) is 0.977. The van der Waals surface area contributed by atoms with Crippen molar-refractivity contribution in [3.63, 3.8) is 0 Å². The smallest absolute Gasteiger partial charge is 0.102 e. The molecule has 0 saturated heterocycles. The summed E-state index contributed by atoms with van der Waals surface area (Å²) in [4.78, 5) is 4.52. The van der Waals surface area contributed by atoms with E-state index in [1.54, 1.807) is 0 Å². The third-order valence-corrected chi connectivity index (χ3v) is 2.55. The van der Waals surface area contributed by atoms with Crippen molar-refractivity contribution in [2.75, 3.05) is 0 Å². The Morgan fingerprint density at radius 3 is 2.25 bits per heavy atom. The van der Waals surface area contributed by atoms with Crippen LogP contribution in [0.25, 0.3) is 0 Å². The lowest BCUT2D eigenvalue weighted by Crippen LogP contribution is -2.19. The molecule has 1 aromatic rings. The second-order valence-corrected chi connectivity index (χ2v) is 5.46. The van der Waals surface area contributed by atoms with E-state index in [-0.39, 0.29) is 11.3 Å². The minimum atomic E-state index is 0.0946. The zero-order chi connectivity index (χ0) is 12.3. The summed E-state index contributed by atoms with van der Waals surface area (Å²) in [5, 5.41) is 0. The number of rotatable bonds is 2. The number of benzene rings is 1. The molecule has 1 aromatic carbocycles. The third-order valence-electron chi connectivity index (χ3n) is 2.55. The van der Waals surface area contributed by atoms with Gasteiger partial charge in [-0.1, -0.05) is 52.8 Å². The molecule has 0 saturated carbocycles. The minimum Gasteiger partial charge on any atom is -0.387 e. The average molecular weight is 218 g/mol. The van der Waals surface area contributed by atoms with Crippen LogP contribution in [-0.2, 0) is 5.41 Å². The molecular weight excluding hydrogens is 196 g/mol. The number of nitrogens with two attached hydrogens (primary N) is 1. The van der Waals surface area contributed by atoms with Gasteiger partial charge in [0.2, 0.25) is 0 Å². The lowest BCUT2D eigenvalue weighted by Gasteiger charge is -2.21. The fourth-order valence-corrected chi connectivity index (χ4v) is 1.47. The van der Waals surface area contributed by atoms with E-state index in [1.807, 2.05) is 18.2 Å². The maximum absolute atomic E-state index is 5.91. The van der Waals surface area contributed by atoms with Crippen molar-refractivity contribution in [2.45, 2.75) is 40.0 Å². The van der Waals surface area contributed by atoms with E-state index in [9.17, 15) is 0 Å². The fraction of sp³-hybridized carbons (Fsp3) is 0.500. The van der Waals surface area contributed by atoms with Crippen LogP contribution in [0.4, 0.5) is 5.69 Å². The van der Waals surface area contributed by atoms with Crippen molar-refractivity contribution in [3.05, 3.63) is 29.8 Å². The SMILES string of the molecule is CC(C)C(N)=Nc1ccccc1C(C)(C)C. The predicted octanol–water partition coefficient (Wildman–Crippen LogP) is 3.63. The van der Waals surface area contributed by atoms with E-state index < -0.39 is 0 Å². The monoisotopic (exact) mass is 218 g/mol. The molecule has 0 aliphatic rings. The lowest BCUT2D eigenvalue weighted by atomic mass is 9.86. The van der Waals surface area contributed by atoms with Gasteiger partial charge in [-0.3, -0.25) is 0 Å². The summed E-state index contributed by atoms with van der Waals surface area (Å²) in [6, 6.07) is 8.19. The first-order valence-corrected chi connectivity index (χ1v) is 5.76. The van der Waals surface area contributed by atoms with Crippen molar-refractivity contribution in [3.8, 4) is 0 Å². The van der Waals surface area contributed by atoms with E-state index in [0.717, 1.165) is 5.69 Å². The second kappa shape index (κ2) is 4.69. The van der Waals surface area contributed by atoms with E-state index in [4.69, 9.17) is 5.73 Å². The summed E-state index contributed by atoms with van der Waals surface area (Å²) in [5.41, 5.74) is 8.23. The van der Waals surface area contributed by atoms with E-state index >= 15 is 0 Å². The van der Waals surface area contributed by atoms with Crippen molar-refractivity contribution in [2.24, 2.45) is 16.6 Å². The highest BCUT2D eigenvalue weighted by molar-refractivity contribution is 5.85. The molecule has 0 heterocycles. The van der Waals surface area contributed by atoms with Gasteiger partial charge in [0.25, 0.3) is 0 Å². The normalized spacial score (nSPS) is 13.2. The van der Waals surface area contributed by atoms with Gasteiger partial charge in [-0.15, -0.1) is 0 Å². The molecule has 2 N–H and O–H groups in total. The first kappa shape index (κ1) is 12.8. The van der Waals surface area contributed by atoms with Gasteiger partial charge in [0.15, 0.2) is 0 Å². The van der Waals surface area contributed by atoms with Gasteiger partial charge in [-0.2, -0.15) is 0 Å². The Balaban J connectivity index is 3.20. The van der Waals surface area contributed by atoms with Crippen molar-refractivity contribution in [1.29, 1.82) is 0 Å². The molecule has 16 heavy (non-hydrogen) atoms. The Morgan fingerprint density at radius 1 is 1.19 bits per heavy atom. The van der Waals surface area contributed by atoms with Crippen LogP contribution in [0.5, 0.6) is 0 Å². The van der Waals surface area contributed by atoms with Crippen molar-refractivity contribution >= 4 is 11.5 Å². The summed E-state index contributed by atoms with van der Waals surface area (Å²) in [6.07, 6.45) is 0. The highest BCUT2D eigenvalue weighted by Crippen LogP contribution is 2.31. The van der Waals surface area contributed by atoms with Gasteiger partial charge in [0.1, 0.15) is 5.84 Å². The van der Waals surface area contributed by atoms with Crippen LogP contribution < -0.4 is 5.73 Å². The molecular formula is C14H22N2. The summed E-state index contributed by atoms with van der Waals surface area (Å²) >= 11 is 0. The summed E-state index contributed by atoms with van der Waals surface area (Å²) < 4.78 is 0. The van der Waals surface area contributed by atoms with Gasteiger partial charge in [0, 0.05) is 5.92 Å². The highest BCUT2D eigenvalue weighted by Gasteiger charge is 2.17. The molecule has 0 aliphatic carbocycles. The number of hydrogen-bond donors (Lipinski definition) is 1. The molecule has 0 fully saturated rings. The molecule has 2 nitrogen and oxygen atoms in total. The van der Waals surface area contributed by atoms with Crippen LogP contribution in [0.3, 0.4) is 0 Å². The Kier molecular flexibility index (Phi) is 3.74. The zero-order valence-electron chi connectivity index (χ0n) is 10.9. The Bertz CT molecular complexity index is 384. The molecule has 0 bridgehead atoms. The molecule has 0 amide bonds. The average Bonchev–Trinajstić information content (AvgIpc) is 2.16. The molecule has 0 spiro atoms. The summed E-state index contributed by atoms with van der Waals surface area (Å²) in [7, 11) is 0. The molecule has 0 aromatic heterocycles. The van der Waals surface area contributed by atoms with Crippen LogP contribution in [0, 0.1) is 5.92 Å². The summed E-state index contributed by atoms with van der Waals surface area (Å²) in [6.45, 7) is 10.7. The van der Waals surface area contributed by atoms with E-state index in [2.05, 4.69) is 45.7 Å². The molecule has 0 unspecified atom stereocenters. The highest BCUT2D eigenvalue weighted by atomic mass is 14.9. The van der Waals surface area contributed by atoms with Gasteiger partial charge >= 0.3 is 0 Å². The van der Waals surface area contributed by atoms with Gasteiger partial charge < -0.3 is 5.73 Å². The van der Waals surface area contributed by atoms with Crippen LogP contribution in [0.1, 0.15) is 40.2 Å². The maximum Gasteiger partial charge on any atom is 0.102 e. The zero-order valence-corrected chi connectivity index (χ0v) is 10.9. The van der Waals surface area contributed by atoms with Gasteiger partial charge in [0.05, 0.1) is 5.69 Å². The van der Waals surface area contributed by atoms with Gasteiger partial charge in [-0.05, 0) is 17.0 Å². The van der Waals surface area contributed by atoms with Crippen LogP contribution in [0.15, 0.2) is 29.3 Å². The first-order chi connectivity index (χ1) is 7.32. The molecule has 0 radical (unpaired) electrons. The molecule has 2 heteroatoms. The third kappa shape index (κ3) is 3.09. The number of aliphatic imine (C=N–C) groups is 1. The molecule has 0 atom stereocenters. The second-order valence-electron chi connectivity index (χ2n) is 5.46. The molecule has 0 aliphatic heterocycles. The molecule has 1 rings (SSSR count). The topological polar surface area (TPSA) is 38.4 Å². The first-order valence-electron chi connectivity index (χ1n) is 5.76. The lowest BCUT2D eigenvalue weighted by molar-refractivity contribution is 0.591. The Morgan fingerprint density at radius 2 is 1.75 bits per heavy atom. The number of nitrogens with zero attached hydrogens (tertiary/aromatic N) is 1. The van der Waals surface area contributed by atoms with Crippen molar-refractivity contribution in [1.82, 2.24) is 0 Å².